The molecule has 1 saturated heterocycles. The van der Waals surface area contributed by atoms with Gasteiger partial charge in [-0.05, 0) is 49.1 Å². The molecule has 0 aliphatic carbocycles. The van der Waals surface area contributed by atoms with Crippen molar-refractivity contribution in [1.29, 1.82) is 0 Å². The summed E-state index contributed by atoms with van der Waals surface area (Å²) in [4.78, 5) is 24.5. The Labute approximate surface area is 183 Å². The van der Waals surface area contributed by atoms with Crippen molar-refractivity contribution in [3.05, 3.63) is 69.6 Å². The fourth-order valence-electron chi connectivity index (χ4n) is 3.53. The number of amides is 1. The van der Waals surface area contributed by atoms with E-state index in [2.05, 4.69) is 20.2 Å². The second-order valence-corrected chi connectivity index (χ2v) is 9.03. The fourth-order valence-corrected chi connectivity index (χ4v) is 4.49. The molecule has 3 aromatic rings. The summed E-state index contributed by atoms with van der Waals surface area (Å²) < 4.78 is 13.7. The summed E-state index contributed by atoms with van der Waals surface area (Å²) in [5.41, 5.74) is 1.52. The highest BCUT2D eigenvalue weighted by atomic mass is 35.5. The summed E-state index contributed by atoms with van der Waals surface area (Å²) in [7, 11) is 0. The van der Waals surface area contributed by atoms with Crippen LogP contribution < -0.4 is 10.2 Å². The summed E-state index contributed by atoms with van der Waals surface area (Å²) in [6.45, 7) is 3.29. The number of halogens is 2. The van der Waals surface area contributed by atoms with E-state index in [0.29, 0.717) is 22.1 Å². The Morgan fingerprint density at radius 1 is 1.23 bits per heavy atom. The largest absolute Gasteiger partial charge is 0.357 e. The average molecular weight is 445 g/mol. The number of hydrogen-bond donors (Lipinski definition) is 1. The van der Waals surface area contributed by atoms with Crippen LogP contribution in [-0.4, -0.2) is 29.0 Å². The number of aromatic nitrogens is 2. The van der Waals surface area contributed by atoms with Crippen LogP contribution in [0.3, 0.4) is 0 Å². The number of anilines is 2. The summed E-state index contributed by atoms with van der Waals surface area (Å²) >= 11 is 7.33. The first-order valence-electron chi connectivity index (χ1n) is 9.85. The highest BCUT2D eigenvalue weighted by Crippen LogP contribution is 2.26. The standard InChI is InChI=1S/C22H22ClFN4OS/c1-14-2-3-15(11-19(14)24)10-18-13-26-22(30-18)27-21(29)16-6-8-28(9-7-16)20-5-4-17(23)12-25-20/h2-5,11-13,16H,6-10H2,1H3,(H,26,27,29). The van der Waals surface area contributed by atoms with Crippen molar-refractivity contribution in [1.82, 2.24) is 9.97 Å². The van der Waals surface area contributed by atoms with Crippen LogP contribution in [0.5, 0.6) is 0 Å². The van der Waals surface area contributed by atoms with Gasteiger partial charge >= 0.3 is 0 Å². The van der Waals surface area contributed by atoms with Crippen molar-refractivity contribution < 1.29 is 9.18 Å². The molecular formula is C22H22ClFN4OS. The number of hydrogen-bond acceptors (Lipinski definition) is 5. The Balaban J connectivity index is 1.30. The molecule has 1 fully saturated rings. The number of piperidine rings is 1. The molecule has 0 bridgehead atoms. The molecule has 3 heterocycles. The average Bonchev–Trinajstić information content (AvgIpc) is 3.18. The monoisotopic (exact) mass is 444 g/mol. The van der Waals surface area contributed by atoms with Crippen LogP contribution in [0.15, 0.2) is 42.7 Å². The van der Waals surface area contributed by atoms with Gasteiger partial charge in [-0.15, -0.1) is 11.3 Å². The SMILES string of the molecule is Cc1ccc(Cc2cnc(NC(=O)C3CCN(c4ccc(Cl)cn4)CC3)s2)cc1F. The molecule has 1 aliphatic heterocycles. The Hall–Kier alpha value is -2.51. The molecule has 1 amide bonds. The lowest BCUT2D eigenvalue weighted by Crippen LogP contribution is -2.38. The Kier molecular flexibility index (Phi) is 6.29. The zero-order valence-corrected chi connectivity index (χ0v) is 18.1. The van der Waals surface area contributed by atoms with Gasteiger partial charge in [0.1, 0.15) is 11.6 Å². The second kappa shape index (κ2) is 9.10. The van der Waals surface area contributed by atoms with Gasteiger partial charge in [0.2, 0.25) is 5.91 Å². The number of rotatable bonds is 5. The van der Waals surface area contributed by atoms with Gasteiger partial charge in [-0.1, -0.05) is 23.7 Å². The molecule has 30 heavy (non-hydrogen) atoms. The molecule has 1 N–H and O–H groups in total. The fraction of sp³-hybridized carbons (Fsp3) is 0.318. The lowest BCUT2D eigenvalue weighted by Gasteiger charge is -2.31. The Morgan fingerprint density at radius 2 is 2.03 bits per heavy atom. The van der Waals surface area contributed by atoms with E-state index in [9.17, 15) is 9.18 Å². The van der Waals surface area contributed by atoms with E-state index in [0.717, 1.165) is 42.2 Å². The number of nitrogens with zero attached hydrogens (tertiary/aromatic N) is 3. The van der Waals surface area contributed by atoms with Crippen LogP contribution in [0, 0.1) is 18.7 Å². The number of carbonyl (C=O) groups excluding carboxylic acids is 1. The third-order valence-corrected chi connectivity index (χ3v) is 6.44. The summed E-state index contributed by atoms with van der Waals surface area (Å²) in [6.07, 6.45) is 5.50. The quantitative estimate of drug-likeness (QED) is 0.595. The van der Waals surface area contributed by atoms with E-state index in [1.807, 2.05) is 18.2 Å². The van der Waals surface area contributed by atoms with Gasteiger partial charge in [0.05, 0.1) is 5.02 Å². The Morgan fingerprint density at radius 3 is 2.73 bits per heavy atom. The zero-order valence-electron chi connectivity index (χ0n) is 16.6. The van der Waals surface area contributed by atoms with E-state index in [-0.39, 0.29) is 17.6 Å². The van der Waals surface area contributed by atoms with Gasteiger partial charge in [-0.2, -0.15) is 0 Å². The van der Waals surface area contributed by atoms with Crippen molar-refractivity contribution in [3.63, 3.8) is 0 Å². The molecule has 8 heteroatoms. The number of thiazole rings is 1. The van der Waals surface area contributed by atoms with E-state index in [1.165, 1.54) is 11.3 Å². The maximum atomic E-state index is 13.7. The lowest BCUT2D eigenvalue weighted by molar-refractivity contribution is -0.120. The molecule has 1 aliphatic rings. The summed E-state index contributed by atoms with van der Waals surface area (Å²) in [5, 5.41) is 4.14. The second-order valence-electron chi connectivity index (χ2n) is 7.48. The number of nitrogens with one attached hydrogen (secondary N) is 1. The normalized spacial score (nSPS) is 14.7. The minimum absolute atomic E-state index is 0.000922. The van der Waals surface area contributed by atoms with Crippen LogP contribution in [0.2, 0.25) is 5.02 Å². The van der Waals surface area contributed by atoms with Gasteiger partial charge in [0.25, 0.3) is 0 Å². The van der Waals surface area contributed by atoms with E-state index in [1.54, 1.807) is 31.5 Å². The molecule has 2 aromatic heterocycles. The maximum Gasteiger partial charge on any atom is 0.229 e. The van der Waals surface area contributed by atoms with Gasteiger partial charge in [-0.25, -0.2) is 14.4 Å². The number of carbonyl (C=O) groups is 1. The smallest absolute Gasteiger partial charge is 0.229 e. The zero-order chi connectivity index (χ0) is 21.1. The number of pyridine rings is 1. The molecular weight excluding hydrogens is 423 g/mol. The first kappa shape index (κ1) is 20.8. The third-order valence-electron chi connectivity index (χ3n) is 5.30. The van der Waals surface area contributed by atoms with Crippen LogP contribution in [0.1, 0.15) is 28.8 Å². The molecule has 0 radical (unpaired) electrons. The highest BCUT2D eigenvalue weighted by Gasteiger charge is 2.26. The van der Waals surface area contributed by atoms with Crippen molar-refractivity contribution in [2.75, 3.05) is 23.3 Å². The number of aryl methyl sites for hydroxylation is 1. The van der Waals surface area contributed by atoms with Crippen LogP contribution >= 0.6 is 22.9 Å². The van der Waals surface area contributed by atoms with E-state index >= 15 is 0 Å². The molecule has 0 atom stereocenters. The predicted molar refractivity (Wildman–Crippen MR) is 119 cm³/mol. The third kappa shape index (κ3) is 4.96. The molecule has 156 valence electrons. The van der Waals surface area contributed by atoms with Gasteiger partial charge in [0.15, 0.2) is 5.13 Å². The van der Waals surface area contributed by atoms with Crippen LogP contribution in [-0.2, 0) is 11.2 Å². The topological polar surface area (TPSA) is 58.1 Å². The molecule has 5 nitrogen and oxygen atoms in total. The van der Waals surface area contributed by atoms with Crippen LogP contribution in [0.4, 0.5) is 15.3 Å². The lowest BCUT2D eigenvalue weighted by atomic mass is 9.96. The summed E-state index contributed by atoms with van der Waals surface area (Å²) in [6, 6.07) is 8.98. The molecule has 0 saturated carbocycles. The van der Waals surface area contributed by atoms with Gasteiger partial charge in [-0.3, -0.25) is 4.79 Å². The van der Waals surface area contributed by atoms with Crippen LogP contribution in [0.25, 0.3) is 0 Å². The number of benzene rings is 1. The maximum absolute atomic E-state index is 13.7. The molecule has 0 unspecified atom stereocenters. The summed E-state index contributed by atoms with van der Waals surface area (Å²) in [5.74, 6) is 0.633. The first-order valence-corrected chi connectivity index (χ1v) is 11.0. The Bertz CT molecular complexity index is 1030. The van der Waals surface area contributed by atoms with Crippen molar-refractivity contribution >= 4 is 39.8 Å². The molecule has 1 aromatic carbocycles. The molecule has 0 spiro atoms. The minimum Gasteiger partial charge on any atom is -0.357 e. The minimum atomic E-state index is -0.203. The first-order chi connectivity index (χ1) is 14.5. The van der Waals surface area contributed by atoms with Crippen molar-refractivity contribution in [3.8, 4) is 0 Å². The molecule has 4 rings (SSSR count). The van der Waals surface area contributed by atoms with Gasteiger partial charge < -0.3 is 10.2 Å². The van der Waals surface area contributed by atoms with Gasteiger partial charge in [0, 0.05) is 42.7 Å². The predicted octanol–water partition coefficient (Wildman–Crippen LogP) is 5.08. The van der Waals surface area contributed by atoms with Crippen molar-refractivity contribution in [2.45, 2.75) is 26.2 Å². The van der Waals surface area contributed by atoms with E-state index in [4.69, 9.17) is 11.6 Å². The van der Waals surface area contributed by atoms with Crippen molar-refractivity contribution in [2.24, 2.45) is 5.92 Å². The van der Waals surface area contributed by atoms with E-state index < -0.39 is 0 Å². The highest BCUT2D eigenvalue weighted by molar-refractivity contribution is 7.15.